The molecule has 4 rings (SSSR count). The Morgan fingerprint density at radius 2 is 2.09 bits per heavy atom. The average molecular weight is 507 g/mol. The molecule has 1 amide bonds. The molecule has 0 spiro atoms. The summed E-state index contributed by atoms with van der Waals surface area (Å²) in [6.07, 6.45) is 4.54. The van der Waals surface area contributed by atoms with Crippen LogP contribution in [0, 0.1) is 12.7 Å². The minimum absolute atomic E-state index is 0.0304. The lowest BCUT2D eigenvalue weighted by atomic mass is 9.98. The first kappa shape index (κ1) is 23.7. The van der Waals surface area contributed by atoms with E-state index >= 15 is 0 Å². The van der Waals surface area contributed by atoms with Crippen molar-refractivity contribution in [3.05, 3.63) is 68.7 Å². The summed E-state index contributed by atoms with van der Waals surface area (Å²) in [5.74, 6) is -2.03. The number of hydrogen-bond acceptors (Lipinski definition) is 8. The van der Waals surface area contributed by atoms with Gasteiger partial charge in [-0.1, -0.05) is 11.6 Å². The molecule has 0 atom stereocenters. The van der Waals surface area contributed by atoms with Gasteiger partial charge in [0.2, 0.25) is 10.9 Å². The molecule has 1 N–H and O–H groups in total. The third-order valence-electron chi connectivity index (χ3n) is 5.13. The van der Waals surface area contributed by atoms with E-state index in [9.17, 15) is 14.0 Å². The molecule has 9 nitrogen and oxygen atoms in total. The zero-order valence-corrected chi connectivity index (χ0v) is 20.0. The Morgan fingerprint density at radius 3 is 2.79 bits per heavy atom. The van der Waals surface area contributed by atoms with Gasteiger partial charge in [-0.25, -0.2) is 9.07 Å². The first-order valence-corrected chi connectivity index (χ1v) is 11.3. The standard InChI is InChI=1S/C22H20ClFN4O5S/c1-12-10-13(17-16(31-3)5-4-15(23)18(17)24)14(11-25-12)19(29)26-20-27-28(21(30)34-20)7-6-22(2)32-8-9-33-22/h4-5,8-11H,6-7H2,1-3H3,(H,26,27,29). The van der Waals surface area contributed by atoms with Crippen molar-refractivity contribution in [3.8, 4) is 16.9 Å². The monoisotopic (exact) mass is 506 g/mol. The molecule has 12 heteroatoms. The number of aryl methyl sites for hydroxylation is 2. The summed E-state index contributed by atoms with van der Waals surface area (Å²) in [7, 11) is 1.39. The fourth-order valence-corrected chi connectivity index (χ4v) is 4.21. The molecule has 3 heterocycles. The number of nitrogens with zero attached hydrogens (tertiary/aromatic N) is 3. The van der Waals surface area contributed by atoms with E-state index in [0.29, 0.717) is 12.1 Å². The maximum Gasteiger partial charge on any atom is 0.326 e. The van der Waals surface area contributed by atoms with Crippen molar-refractivity contribution >= 4 is 34.0 Å². The number of anilines is 1. The predicted octanol–water partition coefficient (Wildman–Crippen LogP) is 4.35. The number of carbonyl (C=O) groups is 1. The van der Waals surface area contributed by atoms with Crippen LogP contribution in [0.25, 0.3) is 11.1 Å². The predicted molar refractivity (Wildman–Crippen MR) is 125 cm³/mol. The molecular weight excluding hydrogens is 487 g/mol. The van der Waals surface area contributed by atoms with Crippen molar-refractivity contribution < 1.29 is 23.4 Å². The van der Waals surface area contributed by atoms with Gasteiger partial charge >= 0.3 is 4.87 Å². The van der Waals surface area contributed by atoms with E-state index in [1.54, 1.807) is 19.9 Å². The average Bonchev–Trinajstić information content (AvgIpc) is 3.39. The molecule has 0 fully saturated rings. The SMILES string of the molecule is COc1ccc(Cl)c(F)c1-c1cc(C)ncc1C(=O)Nc1nn(CCC2(C)OC=CO2)c(=O)s1. The van der Waals surface area contributed by atoms with Gasteiger partial charge in [-0.3, -0.25) is 19.9 Å². The van der Waals surface area contributed by atoms with E-state index in [2.05, 4.69) is 15.4 Å². The molecule has 0 bridgehead atoms. The van der Waals surface area contributed by atoms with Crippen LogP contribution in [0.1, 0.15) is 29.4 Å². The van der Waals surface area contributed by atoms with Crippen LogP contribution in [0.15, 0.2) is 41.7 Å². The van der Waals surface area contributed by atoms with Gasteiger partial charge in [0.05, 0.1) is 29.8 Å². The number of nitrogens with one attached hydrogen (secondary N) is 1. The number of carbonyl (C=O) groups excluding carboxylic acids is 1. The summed E-state index contributed by atoms with van der Waals surface area (Å²) < 4.78 is 32.2. The van der Waals surface area contributed by atoms with Crippen molar-refractivity contribution in [1.29, 1.82) is 0 Å². The molecule has 0 radical (unpaired) electrons. The molecule has 178 valence electrons. The summed E-state index contributed by atoms with van der Waals surface area (Å²) in [5.41, 5.74) is 0.888. The Hall–Kier alpha value is -3.44. The molecule has 0 saturated heterocycles. The quantitative estimate of drug-likeness (QED) is 0.508. The largest absolute Gasteiger partial charge is 0.496 e. The number of amides is 1. The van der Waals surface area contributed by atoms with Crippen LogP contribution in [0.4, 0.5) is 9.52 Å². The summed E-state index contributed by atoms with van der Waals surface area (Å²) in [4.78, 5) is 29.3. The Morgan fingerprint density at radius 1 is 1.35 bits per heavy atom. The van der Waals surface area contributed by atoms with Crippen LogP contribution >= 0.6 is 22.9 Å². The van der Waals surface area contributed by atoms with E-state index in [1.165, 1.54) is 42.6 Å². The van der Waals surface area contributed by atoms with E-state index in [0.717, 1.165) is 11.3 Å². The first-order valence-electron chi connectivity index (χ1n) is 10.1. The third kappa shape index (κ3) is 4.75. The number of methoxy groups -OCH3 is 1. The molecule has 1 aliphatic heterocycles. The van der Waals surface area contributed by atoms with Gasteiger partial charge in [-0.15, -0.1) is 5.10 Å². The minimum atomic E-state index is -0.880. The van der Waals surface area contributed by atoms with Crippen LogP contribution in [-0.2, 0) is 16.0 Å². The number of rotatable bonds is 7. The molecule has 34 heavy (non-hydrogen) atoms. The second-order valence-electron chi connectivity index (χ2n) is 7.55. The van der Waals surface area contributed by atoms with Crippen molar-refractivity contribution in [1.82, 2.24) is 14.8 Å². The van der Waals surface area contributed by atoms with E-state index in [1.807, 2.05) is 0 Å². The molecule has 1 aromatic carbocycles. The zero-order chi connectivity index (χ0) is 24.5. The van der Waals surface area contributed by atoms with Gasteiger partial charge in [0.15, 0.2) is 5.82 Å². The molecule has 0 aliphatic carbocycles. The Labute approximate surface area is 202 Å². The maximum atomic E-state index is 15.0. The normalized spacial score (nSPS) is 13.9. The van der Waals surface area contributed by atoms with Gasteiger partial charge in [0.25, 0.3) is 5.91 Å². The second-order valence-corrected chi connectivity index (χ2v) is 8.90. The second kappa shape index (κ2) is 9.43. The van der Waals surface area contributed by atoms with Crippen LogP contribution in [-0.4, -0.2) is 33.6 Å². The fraction of sp³-hybridized carbons (Fsp3) is 0.273. The van der Waals surface area contributed by atoms with Gasteiger partial charge in [0.1, 0.15) is 18.3 Å². The Balaban J connectivity index is 1.61. The summed E-state index contributed by atoms with van der Waals surface area (Å²) >= 11 is 6.75. The highest BCUT2D eigenvalue weighted by Gasteiger charge is 2.30. The number of aromatic nitrogens is 3. The zero-order valence-electron chi connectivity index (χ0n) is 18.4. The van der Waals surface area contributed by atoms with Crippen LogP contribution < -0.4 is 14.9 Å². The summed E-state index contributed by atoms with van der Waals surface area (Å²) in [5, 5.41) is 6.73. The van der Waals surface area contributed by atoms with E-state index < -0.39 is 17.5 Å². The van der Waals surface area contributed by atoms with Crippen molar-refractivity contribution in [3.63, 3.8) is 0 Å². The highest BCUT2D eigenvalue weighted by atomic mass is 35.5. The van der Waals surface area contributed by atoms with Crippen molar-refractivity contribution in [2.45, 2.75) is 32.6 Å². The van der Waals surface area contributed by atoms with Crippen LogP contribution in [0.2, 0.25) is 5.02 Å². The maximum absolute atomic E-state index is 15.0. The molecule has 1 aliphatic rings. The highest BCUT2D eigenvalue weighted by Crippen LogP contribution is 2.38. The van der Waals surface area contributed by atoms with Crippen LogP contribution in [0.5, 0.6) is 5.75 Å². The number of hydrogen-bond donors (Lipinski definition) is 1. The minimum Gasteiger partial charge on any atom is -0.496 e. The summed E-state index contributed by atoms with van der Waals surface area (Å²) in [6.45, 7) is 3.66. The lowest BCUT2D eigenvalue weighted by Gasteiger charge is -2.22. The number of ether oxygens (including phenoxy) is 3. The highest BCUT2D eigenvalue weighted by molar-refractivity contribution is 7.13. The Bertz CT molecular complexity index is 1330. The van der Waals surface area contributed by atoms with Crippen molar-refractivity contribution in [2.75, 3.05) is 12.4 Å². The van der Waals surface area contributed by atoms with Gasteiger partial charge in [-0.2, -0.15) is 0 Å². The molecule has 0 unspecified atom stereocenters. The first-order chi connectivity index (χ1) is 16.2. The van der Waals surface area contributed by atoms with E-state index in [-0.39, 0.29) is 44.0 Å². The van der Waals surface area contributed by atoms with Gasteiger partial charge in [0, 0.05) is 30.8 Å². The fourth-order valence-electron chi connectivity index (χ4n) is 3.36. The topological polar surface area (TPSA) is 105 Å². The molecular formula is C22H20ClFN4O5S. The lowest BCUT2D eigenvalue weighted by molar-refractivity contribution is -0.133. The smallest absolute Gasteiger partial charge is 0.326 e. The van der Waals surface area contributed by atoms with Gasteiger partial charge in [-0.05, 0) is 36.5 Å². The number of benzene rings is 1. The number of pyridine rings is 1. The van der Waals surface area contributed by atoms with Crippen LogP contribution in [0.3, 0.4) is 0 Å². The van der Waals surface area contributed by atoms with Crippen molar-refractivity contribution in [2.24, 2.45) is 0 Å². The molecule has 2 aromatic heterocycles. The molecule has 0 saturated carbocycles. The number of halogens is 2. The van der Waals surface area contributed by atoms with Gasteiger partial charge < -0.3 is 14.2 Å². The van der Waals surface area contributed by atoms with E-state index in [4.69, 9.17) is 25.8 Å². The third-order valence-corrected chi connectivity index (χ3v) is 6.18. The molecule has 3 aromatic rings. The Kier molecular flexibility index (Phi) is 6.58. The lowest BCUT2D eigenvalue weighted by Crippen LogP contribution is -2.29. The summed E-state index contributed by atoms with van der Waals surface area (Å²) in [6, 6.07) is 4.44.